The quantitative estimate of drug-likeness (QED) is 0.852. The third-order valence-electron chi connectivity index (χ3n) is 3.58. The second kappa shape index (κ2) is 6.51. The molecule has 3 nitrogen and oxygen atoms in total. The lowest BCUT2D eigenvalue weighted by Crippen LogP contribution is -2.49. The minimum absolute atomic E-state index is 0.504. The lowest BCUT2D eigenvalue weighted by Gasteiger charge is -2.34. The van der Waals surface area contributed by atoms with Crippen LogP contribution in [0.2, 0.25) is 0 Å². The van der Waals surface area contributed by atoms with Crippen molar-refractivity contribution >= 4 is 0 Å². The Labute approximate surface area is 116 Å². The molecule has 1 saturated heterocycles. The van der Waals surface area contributed by atoms with E-state index in [-0.39, 0.29) is 0 Å². The maximum Gasteiger partial charge on any atom is 0.0715 e. The number of aliphatic hydroxyl groups is 1. The van der Waals surface area contributed by atoms with Crippen molar-refractivity contribution in [1.82, 2.24) is 10.2 Å². The number of nitrogens with zero attached hydrogens (tertiary/aromatic N) is 1. The average Bonchev–Trinajstić information content (AvgIpc) is 2.37. The fourth-order valence-electron chi connectivity index (χ4n) is 2.60. The normalized spacial score (nSPS) is 21.5. The fraction of sp³-hybridized carbons (Fsp3) is 0.625. The van der Waals surface area contributed by atoms with Crippen LogP contribution in [0.4, 0.5) is 0 Å². The molecule has 0 bridgehead atoms. The van der Waals surface area contributed by atoms with Crippen molar-refractivity contribution in [3.63, 3.8) is 0 Å². The summed E-state index contributed by atoms with van der Waals surface area (Å²) < 4.78 is 0. The van der Waals surface area contributed by atoms with Crippen LogP contribution in [-0.4, -0.2) is 41.3 Å². The van der Waals surface area contributed by atoms with E-state index in [4.69, 9.17) is 0 Å². The van der Waals surface area contributed by atoms with Gasteiger partial charge >= 0.3 is 0 Å². The average molecular weight is 262 g/mol. The van der Waals surface area contributed by atoms with Crippen molar-refractivity contribution in [3.8, 4) is 0 Å². The molecule has 0 radical (unpaired) electrons. The maximum absolute atomic E-state index is 9.77. The molecule has 106 valence electrons. The van der Waals surface area contributed by atoms with Gasteiger partial charge in [0.25, 0.3) is 0 Å². The zero-order valence-electron chi connectivity index (χ0n) is 12.1. The summed E-state index contributed by atoms with van der Waals surface area (Å²) in [6.45, 7) is 7.65. The Hall–Kier alpha value is -0.900. The van der Waals surface area contributed by atoms with Gasteiger partial charge in [0.1, 0.15) is 0 Å². The zero-order valence-corrected chi connectivity index (χ0v) is 12.1. The minimum Gasteiger partial charge on any atom is -0.389 e. The van der Waals surface area contributed by atoms with Gasteiger partial charge in [-0.05, 0) is 38.8 Å². The molecule has 0 spiro atoms. The molecule has 2 N–H and O–H groups in total. The molecule has 0 amide bonds. The van der Waals surface area contributed by atoms with Gasteiger partial charge in [-0.2, -0.15) is 0 Å². The molecular formula is C16H26N2O. The molecule has 3 heteroatoms. The summed E-state index contributed by atoms with van der Waals surface area (Å²) in [7, 11) is 0. The van der Waals surface area contributed by atoms with Gasteiger partial charge in [-0.3, -0.25) is 4.90 Å². The van der Waals surface area contributed by atoms with Gasteiger partial charge in [-0.1, -0.05) is 30.3 Å². The first-order chi connectivity index (χ1) is 9.03. The Kier molecular flexibility index (Phi) is 4.97. The van der Waals surface area contributed by atoms with E-state index >= 15 is 0 Å². The van der Waals surface area contributed by atoms with Gasteiger partial charge in [0, 0.05) is 25.7 Å². The summed E-state index contributed by atoms with van der Waals surface area (Å²) in [4.78, 5) is 2.50. The molecule has 0 aromatic heterocycles. The molecule has 1 aliphatic heterocycles. The Balaban J connectivity index is 1.80. The summed E-state index contributed by atoms with van der Waals surface area (Å²) in [6, 6.07) is 11.1. The smallest absolute Gasteiger partial charge is 0.0715 e. The Morgan fingerprint density at radius 3 is 2.74 bits per heavy atom. The van der Waals surface area contributed by atoms with Crippen molar-refractivity contribution in [2.75, 3.05) is 19.6 Å². The predicted octanol–water partition coefficient (Wildman–Crippen LogP) is 2.01. The third-order valence-corrected chi connectivity index (χ3v) is 3.58. The molecule has 1 atom stereocenters. The molecule has 0 aliphatic carbocycles. The monoisotopic (exact) mass is 262 g/mol. The van der Waals surface area contributed by atoms with E-state index in [0.29, 0.717) is 12.6 Å². The number of benzene rings is 1. The van der Waals surface area contributed by atoms with E-state index in [2.05, 4.69) is 40.5 Å². The molecule has 19 heavy (non-hydrogen) atoms. The largest absolute Gasteiger partial charge is 0.389 e. The number of hydrogen-bond donors (Lipinski definition) is 2. The number of rotatable bonds is 5. The van der Waals surface area contributed by atoms with Crippen molar-refractivity contribution in [1.29, 1.82) is 0 Å². The second-order valence-corrected chi connectivity index (χ2v) is 6.25. The highest BCUT2D eigenvalue weighted by atomic mass is 16.3. The van der Waals surface area contributed by atoms with Crippen molar-refractivity contribution in [2.45, 2.75) is 44.9 Å². The maximum atomic E-state index is 9.77. The standard InChI is InChI=1S/C16H26N2O/c1-16(2,19)13-17-15-9-6-10-18(12-15)11-14-7-4-3-5-8-14/h3-5,7-8,15,17,19H,6,9-13H2,1-2H3. The highest BCUT2D eigenvalue weighted by Crippen LogP contribution is 2.14. The predicted molar refractivity (Wildman–Crippen MR) is 79.0 cm³/mol. The fourth-order valence-corrected chi connectivity index (χ4v) is 2.60. The lowest BCUT2D eigenvalue weighted by atomic mass is 10.0. The van der Waals surface area contributed by atoms with Crippen molar-refractivity contribution in [2.24, 2.45) is 0 Å². The molecule has 1 unspecified atom stereocenters. The first kappa shape index (κ1) is 14.5. The highest BCUT2D eigenvalue weighted by molar-refractivity contribution is 5.14. The van der Waals surface area contributed by atoms with Gasteiger partial charge in [0.15, 0.2) is 0 Å². The summed E-state index contributed by atoms with van der Waals surface area (Å²) in [5.41, 5.74) is 0.757. The van der Waals surface area contributed by atoms with Gasteiger partial charge in [-0.25, -0.2) is 0 Å². The number of likely N-dealkylation sites (tertiary alicyclic amines) is 1. The van der Waals surface area contributed by atoms with E-state index in [1.165, 1.54) is 24.9 Å². The summed E-state index contributed by atoms with van der Waals surface area (Å²) in [5.74, 6) is 0. The first-order valence-electron chi connectivity index (χ1n) is 7.25. The molecule has 2 rings (SSSR count). The van der Waals surface area contributed by atoms with Crippen LogP contribution in [0, 0.1) is 0 Å². The SMILES string of the molecule is CC(C)(O)CNC1CCCN(Cc2ccccc2)C1. The van der Waals surface area contributed by atoms with Crippen LogP contribution in [0.5, 0.6) is 0 Å². The molecular weight excluding hydrogens is 236 g/mol. The molecule has 1 aromatic rings. The third kappa shape index (κ3) is 5.31. The highest BCUT2D eigenvalue weighted by Gasteiger charge is 2.21. The van der Waals surface area contributed by atoms with E-state index < -0.39 is 5.60 Å². The van der Waals surface area contributed by atoms with Crippen molar-refractivity contribution in [3.05, 3.63) is 35.9 Å². The van der Waals surface area contributed by atoms with Crippen LogP contribution in [0.15, 0.2) is 30.3 Å². The van der Waals surface area contributed by atoms with Gasteiger partial charge in [-0.15, -0.1) is 0 Å². The number of piperidine rings is 1. The van der Waals surface area contributed by atoms with Crippen LogP contribution in [0.1, 0.15) is 32.3 Å². The molecule has 1 aliphatic rings. The molecule has 1 fully saturated rings. The van der Waals surface area contributed by atoms with Gasteiger partial charge in [0.2, 0.25) is 0 Å². The Morgan fingerprint density at radius 2 is 2.05 bits per heavy atom. The summed E-state index contributed by atoms with van der Waals surface area (Å²) in [5, 5.41) is 13.3. The topological polar surface area (TPSA) is 35.5 Å². The lowest BCUT2D eigenvalue weighted by molar-refractivity contribution is 0.0700. The van der Waals surface area contributed by atoms with E-state index in [0.717, 1.165) is 13.1 Å². The van der Waals surface area contributed by atoms with Gasteiger partial charge in [0.05, 0.1) is 5.60 Å². The zero-order chi connectivity index (χ0) is 13.7. The van der Waals surface area contributed by atoms with Crippen LogP contribution in [0.25, 0.3) is 0 Å². The number of nitrogens with one attached hydrogen (secondary N) is 1. The Bertz CT molecular complexity index is 372. The molecule has 1 aromatic carbocycles. The second-order valence-electron chi connectivity index (χ2n) is 6.25. The van der Waals surface area contributed by atoms with Gasteiger partial charge < -0.3 is 10.4 Å². The van der Waals surface area contributed by atoms with Crippen LogP contribution in [-0.2, 0) is 6.54 Å². The molecule has 1 heterocycles. The van der Waals surface area contributed by atoms with E-state index in [1.807, 2.05) is 13.8 Å². The van der Waals surface area contributed by atoms with Crippen LogP contribution >= 0.6 is 0 Å². The van der Waals surface area contributed by atoms with E-state index in [9.17, 15) is 5.11 Å². The van der Waals surface area contributed by atoms with Crippen molar-refractivity contribution < 1.29 is 5.11 Å². The van der Waals surface area contributed by atoms with Crippen LogP contribution in [0.3, 0.4) is 0 Å². The summed E-state index contributed by atoms with van der Waals surface area (Å²) in [6.07, 6.45) is 2.44. The minimum atomic E-state index is -0.623. The first-order valence-corrected chi connectivity index (χ1v) is 7.25. The summed E-state index contributed by atoms with van der Waals surface area (Å²) >= 11 is 0. The Morgan fingerprint density at radius 1 is 1.32 bits per heavy atom. The molecule has 0 saturated carbocycles. The number of hydrogen-bond acceptors (Lipinski definition) is 3. The van der Waals surface area contributed by atoms with E-state index in [1.54, 1.807) is 0 Å². The van der Waals surface area contributed by atoms with Crippen LogP contribution < -0.4 is 5.32 Å².